The van der Waals surface area contributed by atoms with Gasteiger partial charge in [0.1, 0.15) is 5.75 Å². The van der Waals surface area contributed by atoms with Crippen molar-refractivity contribution in [2.75, 3.05) is 6.61 Å². The summed E-state index contributed by atoms with van der Waals surface area (Å²) in [4.78, 5) is 16.0. The van der Waals surface area contributed by atoms with Crippen LogP contribution in [0.1, 0.15) is 41.8 Å². The van der Waals surface area contributed by atoms with E-state index in [-0.39, 0.29) is 12.5 Å². The van der Waals surface area contributed by atoms with Crippen molar-refractivity contribution in [1.29, 1.82) is 0 Å². The Morgan fingerprint density at radius 2 is 2.10 bits per heavy atom. The highest BCUT2D eigenvalue weighted by Gasteiger charge is 2.08. The van der Waals surface area contributed by atoms with Gasteiger partial charge in [-0.25, -0.2) is 0 Å². The topological polar surface area (TPSA) is 77.2 Å². The fourth-order valence-corrected chi connectivity index (χ4v) is 1.71. The van der Waals surface area contributed by atoms with E-state index in [1.165, 1.54) is 0 Å². The standard InChI is InChI=1S/C15H19N3O3/c1-3-4-9-20-13-7-5-12(6-8-13)15(19)16-10-14-17-11(2)21-18-14/h5-8H,3-4,9-10H2,1-2H3,(H,16,19). The maximum Gasteiger partial charge on any atom is 0.251 e. The number of unbranched alkanes of at least 4 members (excludes halogenated alkanes) is 1. The summed E-state index contributed by atoms with van der Waals surface area (Å²) in [6.07, 6.45) is 2.11. The van der Waals surface area contributed by atoms with Crippen molar-refractivity contribution in [3.8, 4) is 5.75 Å². The molecule has 1 N–H and O–H groups in total. The lowest BCUT2D eigenvalue weighted by Crippen LogP contribution is -2.23. The number of hydrogen-bond donors (Lipinski definition) is 1. The Bertz CT molecular complexity index is 578. The third-order valence-corrected chi connectivity index (χ3v) is 2.86. The molecule has 0 fully saturated rings. The average Bonchev–Trinajstić information content (AvgIpc) is 2.91. The number of hydrogen-bond acceptors (Lipinski definition) is 5. The summed E-state index contributed by atoms with van der Waals surface area (Å²) in [6.45, 7) is 4.75. The Kier molecular flexibility index (Phi) is 5.31. The molecule has 0 bridgehead atoms. The smallest absolute Gasteiger partial charge is 0.251 e. The first-order valence-electron chi connectivity index (χ1n) is 6.99. The van der Waals surface area contributed by atoms with E-state index >= 15 is 0 Å². The number of benzene rings is 1. The van der Waals surface area contributed by atoms with Crippen molar-refractivity contribution in [2.45, 2.75) is 33.2 Å². The van der Waals surface area contributed by atoms with E-state index in [1.807, 2.05) is 0 Å². The van der Waals surface area contributed by atoms with Crippen LogP contribution < -0.4 is 10.1 Å². The Morgan fingerprint density at radius 3 is 2.71 bits per heavy atom. The molecule has 1 amide bonds. The summed E-state index contributed by atoms with van der Waals surface area (Å²) in [7, 11) is 0. The number of aromatic nitrogens is 2. The summed E-state index contributed by atoms with van der Waals surface area (Å²) < 4.78 is 10.4. The Morgan fingerprint density at radius 1 is 1.33 bits per heavy atom. The molecule has 6 heteroatoms. The fraction of sp³-hybridized carbons (Fsp3) is 0.400. The van der Waals surface area contributed by atoms with Crippen molar-refractivity contribution < 1.29 is 14.1 Å². The van der Waals surface area contributed by atoms with Crippen LogP contribution in [0.2, 0.25) is 0 Å². The van der Waals surface area contributed by atoms with E-state index in [1.54, 1.807) is 31.2 Å². The number of nitrogens with one attached hydrogen (secondary N) is 1. The lowest BCUT2D eigenvalue weighted by atomic mass is 10.2. The van der Waals surface area contributed by atoms with Crippen LogP contribution in [0.25, 0.3) is 0 Å². The first-order chi connectivity index (χ1) is 10.2. The van der Waals surface area contributed by atoms with Crippen LogP contribution in [-0.4, -0.2) is 22.7 Å². The molecule has 0 unspecified atom stereocenters. The van der Waals surface area contributed by atoms with Gasteiger partial charge in [0.05, 0.1) is 13.2 Å². The third-order valence-electron chi connectivity index (χ3n) is 2.86. The van der Waals surface area contributed by atoms with Gasteiger partial charge < -0.3 is 14.6 Å². The highest BCUT2D eigenvalue weighted by Crippen LogP contribution is 2.12. The van der Waals surface area contributed by atoms with Gasteiger partial charge in [0.25, 0.3) is 5.91 Å². The molecule has 0 aliphatic heterocycles. The van der Waals surface area contributed by atoms with Crippen molar-refractivity contribution in [2.24, 2.45) is 0 Å². The van der Waals surface area contributed by atoms with Crippen LogP contribution in [0.3, 0.4) is 0 Å². The van der Waals surface area contributed by atoms with Gasteiger partial charge in [-0.05, 0) is 30.7 Å². The summed E-state index contributed by atoms with van der Waals surface area (Å²) in [6, 6.07) is 7.06. The Hall–Kier alpha value is -2.37. The summed E-state index contributed by atoms with van der Waals surface area (Å²) in [5.41, 5.74) is 0.568. The van der Waals surface area contributed by atoms with Crippen LogP contribution in [-0.2, 0) is 6.54 Å². The van der Waals surface area contributed by atoms with Crippen molar-refractivity contribution in [3.63, 3.8) is 0 Å². The number of rotatable bonds is 7. The van der Waals surface area contributed by atoms with Gasteiger partial charge in [-0.1, -0.05) is 18.5 Å². The van der Waals surface area contributed by atoms with Crippen LogP contribution in [0, 0.1) is 6.92 Å². The predicted molar refractivity (Wildman–Crippen MR) is 77.1 cm³/mol. The normalized spacial score (nSPS) is 10.4. The van der Waals surface area contributed by atoms with Gasteiger partial charge in [0.15, 0.2) is 5.82 Å². The molecule has 1 aromatic heterocycles. The number of carbonyl (C=O) groups excluding carboxylic acids is 1. The first kappa shape index (κ1) is 15.0. The van der Waals surface area contributed by atoms with Gasteiger partial charge in [-0.3, -0.25) is 4.79 Å². The molecule has 0 aliphatic carbocycles. The first-order valence-corrected chi connectivity index (χ1v) is 6.99. The van der Waals surface area contributed by atoms with E-state index in [2.05, 4.69) is 22.4 Å². The molecule has 0 spiro atoms. The second-order valence-corrected chi connectivity index (χ2v) is 4.64. The minimum absolute atomic E-state index is 0.183. The molecule has 112 valence electrons. The maximum atomic E-state index is 12.0. The molecule has 2 rings (SSSR count). The molecule has 6 nitrogen and oxygen atoms in total. The monoisotopic (exact) mass is 289 g/mol. The molecule has 0 radical (unpaired) electrons. The van der Waals surface area contributed by atoms with Crippen molar-refractivity contribution in [1.82, 2.24) is 15.5 Å². The van der Waals surface area contributed by atoms with E-state index in [9.17, 15) is 4.79 Å². The molecule has 0 saturated heterocycles. The molecule has 21 heavy (non-hydrogen) atoms. The summed E-state index contributed by atoms with van der Waals surface area (Å²) >= 11 is 0. The molecule has 0 aliphatic rings. The molecule has 1 heterocycles. The zero-order valence-corrected chi connectivity index (χ0v) is 12.3. The van der Waals surface area contributed by atoms with E-state index in [0.717, 1.165) is 18.6 Å². The summed E-state index contributed by atoms with van der Waals surface area (Å²) in [5.74, 6) is 1.53. The van der Waals surface area contributed by atoms with Crippen LogP contribution >= 0.6 is 0 Å². The van der Waals surface area contributed by atoms with Gasteiger partial charge in [-0.2, -0.15) is 4.98 Å². The van der Waals surface area contributed by atoms with Gasteiger partial charge in [-0.15, -0.1) is 0 Å². The maximum absolute atomic E-state index is 12.0. The third kappa shape index (κ3) is 4.59. The number of amides is 1. The largest absolute Gasteiger partial charge is 0.494 e. The fourth-order valence-electron chi connectivity index (χ4n) is 1.71. The lowest BCUT2D eigenvalue weighted by Gasteiger charge is -2.06. The Labute approximate surface area is 123 Å². The van der Waals surface area contributed by atoms with Crippen LogP contribution in [0.5, 0.6) is 5.75 Å². The molecule has 1 aromatic carbocycles. The molecular formula is C15H19N3O3. The number of carbonyl (C=O) groups is 1. The van der Waals surface area contributed by atoms with Gasteiger partial charge in [0, 0.05) is 12.5 Å². The van der Waals surface area contributed by atoms with E-state index in [4.69, 9.17) is 9.26 Å². The van der Waals surface area contributed by atoms with Crippen LogP contribution in [0.4, 0.5) is 0 Å². The average molecular weight is 289 g/mol. The molecule has 2 aromatic rings. The predicted octanol–water partition coefficient (Wildman–Crippen LogP) is 2.49. The number of nitrogens with zero attached hydrogens (tertiary/aromatic N) is 2. The number of ether oxygens (including phenoxy) is 1. The number of aryl methyl sites for hydroxylation is 1. The zero-order valence-electron chi connectivity index (χ0n) is 12.3. The van der Waals surface area contributed by atoms with Crippen molar-refractivity contribution in [3.05, 3.63) is 41.5 Å². The van der Waals surface area contributed by atoms with Gasteiger partial charge in [0.2, 0.25) is 5.89 Å². The summed E-state index contributed by atoms with van der Waals surface area (Å²) in [5, 5.41) is 6.45. The highest BCUT2D eigenvalue weighted by atomic mass is 16.5. The second-order valence-electron chi connectivity index (χ2n) is 4.64. The zero-order chi connectivity index (χ0) is 15.1. The second kappa shape index (κ2) is 7.42. The minimum atomic E-state index is -0.183. The molecular weight excluding hydrogens is 270 g/mol. The quantitative estimate of drug-likeness (QED) is 0.792. The van der Waals surface area contributed by atoms with Crippen molar-refractivity contribution >= 4 is 5.91 Å². The molecule has 0 saturated carbocycles. The van der Waals surface area contributed by atoms with E-state index in [0.29, 0.717) is 23.9 Å². The van der Waals surface area contributed by atoms with E-state index < -0.39 is 0 Å². The highest BCUT2D eigenvalue weighted by molar-refractivity contribution is 5.94. The van der Waals surface area contributed by atoms with Gasteiger partial charge >= 0.3 is 0 Å². The SMILES string of the molecule is CCCCOc1ccc(C(=O)NCc2noc(C)n2)cc1. The lowest BCUT2D eigenvalue weighted by molar-refractivity contribution is 0.0949. The van der Waals surface area contributed by atoms with Crippen LogP contribution in [0.15, 0.2) is 28.8 Å². The Balaban J connectivity index is 1.84. The molecule has 0 atom stereocenters. The minimum Gasteiger partial charge on any atom is -0.494 e.